The number of hydrogen-bond acceptors (Lipinski definition) is 4. The second-order valence-corrected chi connectivity index (χ2v) is 3.91. The molecule has 7 heteroatoms. The van der Waals surface area contributed by atoms with E-state index < -0.39 is 23.5 Å². The third-order valence-corrected chi connectivity index (χ3v) is 2.55. The van der Waals surface area contributed by atoms with Crippen LogP contribution in [0, 0.1) is 11.6 Å². The summed E-state index contributed by atoms with van der Waals surface area (Å²) in [6.45, 7) is 0.0872. The van der Waals surface area contributed by atoms with E-state index in [9.17, 15) is 18.4 Å². The molecule has 0 saturated heterocycles. The van der Waals surface area contributed by atoms with Crippen LogP contribution in [-0.4, -0.2) is 37.5 Å². The van der Waals surface area contributed by atoms with E-state index in [1.807, 2.05) is 0 Å². The van der Waals surface area contributed by atoms with E-state index in [0.717, 1.165) is 12.1 Å². The molecule has 0 heterocycles. The highest BCUT2D eigenvalue weighted by Crippen LogP contribution is 2.18. The van der Waals surface area contributed by atoms with Crippen molar-refractivity contribution >= 4 is 17.6 Å². The van der Waals surface area contributed by atoms with Crippen LogP contribution in [0.4, 0.5) is 14.5 Å². The van der Waals surface area contributed by atoms with E-state index in [0.29, 0.717) is 0 Å². The van der Waals surface area contributed by atoms with E-state index >= 15 is 0 Å². The number of hydrogen-bond donors (Lipinski definition) is 1. The number of carbonyl (C=O) groups is 2. The molecule has 104 valence electrons. The molecule has 0 aliphatic carbocycles. The predicted molar refractivity (Wildman–Crippen MR) is 64.4 cm³/mol. The van der Waals surface area contributed by atoms with Gasteiger partial charge in [-0.2, -0.15) is 0 Å². The first kappa shape index (κ1) is 14.9. The van der Waals surface area contributed by atoms with Crippen LogP contribution in [0.5, 0.6) is 0 Å². The van der Waals surface area contributed by atoms with Crippen molar-refractivity contribution in [1.82, 2.24) is 4.90 Å². The van der Waals surface area contributed by atoms with Crippen LogP contribution < -0.4 is 5.73 Å². The second kappa shape index (κ2) is 6.12. The Balaban J connectivity index is 2.82. The van der Waals surface area contributed by atoms with Crippen LogP contribution >= 0.6 is 0 Å². The topological polar surface area (TPSA) is 72.6 Å². The summed E-state index contributed by atoms with van der Waals surface area (Å²) in [5, 5.41) is 0. The number of halogens is 2. The molecule has 0 fully saturated rings. The third-order valence-electron chi connectivity index (χ3n) is 2.55. The summed E-state index contributed by atoms with van der Waals surface area (Å²) < 4.78 is 30.4. The molecule has 1 aromatic rings. The highest BCUT2D eigenvalue weighted by Gasteiger charge is 2.18. The van der Waals surface area contributed by atoms with Gasteiger partial charge in [-0.25, -0.2) is 8.78 Å². The van der Waals surface area contributed by atoms with Crippen molar-refractivity contribution in [1.29, 1.82) is 0 Å². The minimum Gasteiger partial charge on any atom is -0.469 e. The highest BCUT2D eigenvalue weighted by atomic mass is 19.2. The van der Waals surface area contributed by atoms with Gasteiger partial charge in [0, 0.05) is 25.3 Å². The maximum atomic E-state index is 13.1. The predicted octanol–water partition coefficient (Wildman–Crippen LogP) is 1.18. The van der Waals surface area contributed by atoms with Gasteiger partial charge in [-0.05, 0) is 6.07 Å². The van der Waals surface area contributed by atoms with Gasteiger partial charge in [-0.15, -0.1) is 0 Å². The number of amides is 1. The lowest BCUT2D eigenvalue weighted by Crippen LogP contribution is -2.30. The van der Waals surface area contributed by atoms with Gasteiger partial charge in [-0.1, -0.05) is 0 Å². The molecular weight excluding hydrogens is 258 g/mol. The van der Waals surface area contributed by atoms with Gasteiger partial charge in [0.2, 0.25) is 0 Å². The molecule has 0 radical (unpaired) electrons. The average molecular weight is 272 g/mol. The van der Waals surface area contributed by atoms with Crippen molar-refractivity contribution in [2.75, 3.05) is 26.4 Å². The number of rotatable bonds is 4. The molecule has 0 unspecified atom stereocenters. The van der Waals surface area contributed by atoms with E-state index in [1.165, 1.54) is 19.1 Å². The summed E-state index contributed by atoms with van der Waals surface area (Å²) in [6, 6.07) is 1.48. The lowest BCUT2D eigenvalue weighted by atomic mass is 10.1. The van der Waals surface area contributed by atoms with Crippen molar-refractivity contribution < 1.29 is 23.1 Å². The molecule has 5 nitrogen and oxygen atoms in total. The summed E-state index contributed by atoms with van der Waals surface area (Å²) >= 11 is 0. The number of benzene rings is 1. The molecule has 0 spiro atoms. The summed E-state index contributed by atoms with van der Waals surface area (Å²) in [5.41, 5.74) is 5.16. The van der Waals surface area contributed by atoms with E-state index in [2.05, 4.69) is 4.74 Å². The van der Waals surface area contributed by atoms with Crippen LogP contribution in [0.25, 0.3) is 0 Å². The molecule has 2 N–H and O–H groups in total. The fraction of sp³-hybridized carbons (Fsp3) is 0.333. The molecule has 0 bridgehead atoms. The fourth-order valence-corrected chi connectivity index (χ4v) is 1.42. The van der Waals surface area contributed by atoms with E-state index in [1.54, 1.807) is 0 Å². The van der Waals surface area contributed by atoms with E-state index in [4.69, 9.17) is 5.73 Å². The van der Waals surface area contributed by atoms with Gasteiger partial charge in [0.15, 0.2) is 11.6 Å². The van der Waals surface area contributed by atoms with Gasteiger partial charge in [0.1, 0.15) is 0 Å². The lowest BCUT2D eigenvalue weighted by molar-refractivity contribution is -0.140. The zero-order valence-corrected chi connectivity index (χ0v) is 10.6. The zero-order chi connectivity index (χ0) is 14.6. The first-order chi connectivity index (χ1) is 8.86. The lowest BCUT2D eigenvalue weighted by Gasteiger charge is -2.17. The third kappa shape index (κ3) is 3.64. The quantitative estimate of drug-likeness (QED) is 0.660. The molecule has 1 amide bonds. The largest absolute Gasteiger partial charge is 0.469 e. The van der Waals surface area contributed by atoms with Crippen LogP contribution in [0.15, 0.2) is 12.1 Å². The Hall–Kier alpha value is -2.18. The number of nitrogens with two attached hydrogens (primary N) is 1. The molecule has 0 saturated carbocycles. The number of carbonyl (C=O) groups excluding carboxylic acids is 2. The number of ether oxygens (including phenoxy) is 1. The Morgan fingerprint density at radius 3 is 2.47 bits per heavy atom. The summed E-state index contributed by atoms with van der Waals surface area (Å²) in [5.74, 6) is -3.34. The number of nitrogens with zero attached hydrogens (tertiary/aromatic N) is 1. The summed E-state index contributed by atoms with van der Waals surface area (Å²) in [4.78, 5) is 24.1. The molecule has 0 aliphatic rings. The standard InChI is InChI=1S/C12H14F2N2O3/c1-16(4-3-11(17)19-2)12(18)7-5-8(13)9(14)6-10(7)15/h5-6H,3-4,15H2,1-2H3. The van der Waals surface area contributed by atoms with Crippen molar-refractivity contribution in [3.05, 3.63) is 29.3 Å². The van der Waals surface area contributed by atoms with Gasteiger partial charge < -0.3 is 15.4 Å². The first-order valence-electron chi connectivity index (χ1n) is 5.43. The first-order valence-corrected chi connectivity index (χ1v) is 5.43. The number of nitrogen functional groups attached to an aromatic ring is 1. The zero-order valence-electron chi connectivity index (χ0n) is 10.6. The molecule has 1 aromatic carbocycles. The smallest absolute Gasteiger partial charge is 0.307 e. The molecule has 19 heavy (non-hydrogen) atoms. The monoisotopic (exact) mass is 272 g/mol. The average Bonchev–Trinajstić information content (AvgIpc) is 2.38. The van der Waals surface area contributed by atoms with Gasteiger partial charge in [0.25, 0.3) is 5.91 Å². The molecule has 0 aromatic heterocycles. The normalized spacial score (nSPS) is 10.1. The van der Waals surface area contributed by atoms with Crippen LogP contribution in [-0.2, 0) is 9.53 Å². The highest BCUT2D eigenvalue weighted by molar-refractivity contribution is 5.99. The van der Waals surface area contributed by atoms with Gasteiger partial charge in [0.05, 0.1) is 19.1 Å². The Morgan fingerprint density at radius 1 is 1.32 bits per heavy atom. The molecule has 1 rings (SSSR count). The summed E-state index contributed by atoms with van der Waals surface area (Å²) in [7, 11) is 2.66. The number of methoxy groups -OCH3 is 1. The number of esters is 1. The second-order valence-electron chi connectivity index (χ2n) is 3.91. The van der Waals surface area contributed by atoms with Crippen molar-refractivity contribution in [2.45, 2.75) is 6.42 Å². The fourth-order valence-electron chi connectivity index (χ4n) is 1.42. The van der Waals surface area contributed by atoms with E-state index in [-0.39, 0.29) is 24.2 Å². The Kier molecular flexibility index (Phi) is 4.80. The Morgan fingerprint density at radius 2 is 1.89 bits per heavy atom. The van der Waals surface area contributed by atoms with Crippen molar-refractivity contribution in [2.24, 2.45) is 0 Å². The van der Waals surface area contributed by atoms with Crippen LogP contribution in [0.2, 0.25) is 0 Å². The summed E-state index contributed by atoms with van der Waals surface area (Å²) in [6.07, 6.45) is 0.00230. The maximum absolute atomic E-state index is 13.1. The van der Waals surface area contributed by atoms with Crippen molar-refractivity contribution in [3.63, 3.8) is 0 Å². The number of anilines is 1. The SMILES string of the molecule is COC(=O)CCN(C)C(=O)c1cc(F)c(F)cc1N. The molecule has 0 atom stereocenters. The Labute approximate surface area is 108 Å². The molecule has 0 aliphatic heterocycles. The minimum atomic E-state index is -1.15. The maximum Gasteiger partial charge on any atom is 0.307 e. The Bertz CT molecular complexity index is 506. The van der Waals surface area contributed by atoms with Gasteiger partial charge >= 0.3 is 5.97 Å². The van der Waals surface area contributed by atoms with Gasteiger partial charge in [-0.3, -0.25) is 9.59 Å². The van der Waals surface area contributed by atoms with Crippen LogP contribution in [0.3, 0.4) is 0 Å². The molecular formula is C12H14F2N2O3. The van der Waals surface area contributed by atoms with Crippen LogP contribution in [0.1, 0.15) is 16.8 Å². The minimum absolute atomic E-state index is 0.00230. The van der Waals surface area contributed by atoms with Crippen molar-refractivity contribution in [3.8, 4) is 0 Å².